The molecule has 5 nitrogen and oxygen atoms in total. The molecule has 0 aromatic rings. The van der Waals surface area contributed by atoms with E-state index in [1.165, 1.54) is 0 Å². The predicted molar refractivity (Wildman–Crippen MR) is 78.9 cm³/mol. The second kappa shape index (κ2) is 5.69. The molecule has 2 atom stereocenters. The number of ether oxygens (including phenoxy) is 1. The Morgan fingerprint density at radius 2 is 2.09 bits per heavy atom. The van der Waals surface area contributed by atoms with Crippen LogP contribution in [0.5, 0.6) is 0 Å². The topological polar surface area (TPSA) is 49.9 Å². The minimum atomic E-state index is -2.69. The van der Waals surface area contributed by atoms with Crippen LogP contribution >= 0.6 is 0 Å². The maximum atomic E-state index is 13.0. The first-order valence-electron chi connectivity index (χ1n) is 8.24. The van der Waals surface area contributed by atoms with Crippen LogP contribution in [0, 0.1) is 17.3 Å². The van der Waals surface area contributed by atoms with Gasteiger partial charge in [0.25, 0.3) is 0 Å². The number of methoxy groups -OCH3 is 1. The Hall–Kier alpha value is -1.24. The molecule has 2 aliphatic heterocycles. The van der Waals surface area contributed by atoms with Gasteiger partial charge >= 0.3 is 0 Å². The predicted octanol–water partition coefficient (Wildman–Crippen LogP) is 1.38. The summed E-state index contributed by atoms with van der Waals surface area (Å²) in [6.45, 7) is 4.58. The van der Waals surface area contributed by atoms with Crippen molar-refractivity contribution >= 4 is 11.8 Å². The van der Waals surface area contributed by atoms with Gasteiger partial charge in [-0.3, -0.25) is 9.59 Å². The first-order chi connectivity index (χ1) is 10.8. The maximum Gasteiger partial charge on any atom is 0.249 e. The molecule has 0 unspecified atom stereocenters. The second-order valence-corrected chi connectivity index (χ2v) is 7.27. The van der Waals surface area contributed by atoms with Crippen molar-refractivity contribution in [2.75, 3.05) is 39.9 Å². The highest BCUT2D eigenvalue weighted by molar-refractivity contribution is 5.88. The Balaban J connectivity index is 1.65. The summed E-state index contributed by atoms with van der Waals surface area (Å²) in [6.07, 6.45) is 0.0244. The van der Waals surface area contributed by atoms with Gasteiger partial charge in [0, 0.05) is 52.0 Å². The molecule has 1 saturated carbocycles. The molecule has 23 heavy (non-hydrogen) atoms. The van der Waals surface area contributed by atoms with E-state index in [9.17, 15) is 18.4 Å². The lowest BCUT2D eigenvalue weighted by atomic mass is 9.77. The highest BCUT2D eigenvalue weighted by Crippen LogP contribution is 2.48. The summed E-state index contributed by atoms with van der Waals surface area (Å²) >= 11 is 0. The summed E-state index contributed by atoms with van der Waals surface area (Å²) in [5, 5.41) is 0. The third-order valence-corrected chi connectivity index (χ3v) is 5.77. The first kappa shape index (κ1) is 16.6. The fourth-order valence-electron chi connectivity index (χ4n) is 4.20. The van der Waals surface area contributed by atoms with Crippen LogP contribution in [0.2, 0.25) is 0 Å². The number of hydrogen-bond donors (Lipinski definition) is 0. The lowest BCUT2D eigenvalue weighted by molar-refractivity contribution is -0.159. The number of carbonyl (C=O) groups excluding carboxylic acids is 2. The van der Waals surface area contributed by atoms with E-state index in [2.05, 4.69) is 0 Å². The normalized spacial score (nSPS) is 33.6. The maximum absolute atomic E-state index is 13.0. The van der Waals surface area contributed by atoms with Crippen LogP contribution in [0.3, 0.4) is 0 Å². The van der Waals surface area contributed by atoms with Crippen LogP contribution in [0.4, 0.5) is 8.78 Å². The summed E-state index contributed by atoms with van der Waals surface area (Å²) in [5.41, 5.74) is -0.532. The minimum Gasteiger partial charge on any atom is -0.383 e. The molecule has 0 radical (unpaired) electrons. The Morgan fingerprint density at radius 3 is 2.70 bits per heavy atom. The van der Waals surface area contributed by atoms with E-state index in [4.69, 9.17) is 4.74 Å². The minimum absolute atomic E-state index is 0.0621. The van der Waals surface area contributed by atoms with Crippen LogP contribution in [0.1, 0.15) is 26.2 Å². The van der Waals surface area contributed by atoms with Gasteiger partial charge in [-0.15, -0.1) is 0 Å². The number of likely N-dealkylation sites (tertiary alicyclic amines) is 2. The zero-order chi connectivity index (χ0) is 16.8. The zero-order valence-corrected chi connectivity index (χ0v) is 13.7. The van der Waals surface area contributed by atoms with Gasteiger partial charge < -0.3 is 14.5 Å². The van der Waals surface area contributed by atoms with Crippen LogP contribution in [0.25, 0.3) is 0 Å². The molecule has 2 saturated heterocycles. The number of halogens is 2. The Morgan fingerprint density at radius 1 is 1.39 bits per heavy atom. The van der Waals surface area contributed by atoms with Crippen LogP contribution in [-0.2, 0) is 14.3 Å². The molecular weight excluding hydrogens is 306 g/mol. The van der Waals surface area contributed by atoms with E-state index < -0.39 is 17.3 Å². The van der Waals surface area contributed by atoms with E-state index in [1.807, 2.05) is 6.92 Å². The fraction of sp³-hybridized carbons (Fsp3) is 0.875. The molecule has 0 N–H and O–H groups in total. The molecule has 0 aromatic heterocycles. The smallest absolute Gasteiger partial charge is 0.249 e. The quantitative estimate of drug-likeness (QED) is 0.782. The Kier molecular flexibility index (Phi) is 4.11. The van der Waals surface area contributed by atoms with Crippen molar-refractivity contribution < 1.29 is 23.1 Å². The zero-order valence-electron chi connectivity index (χ0n) is 13.7. The van der Waals surface area contributed by atoms with Gasteiger partial charge in [-0.2, -0.15) is 0 Å². The summed E-state index contributed by atoms with van der Waals surface area (Å²) in [5.74, 6) is -3.33. The third kappa shape index (κ3) is 2.73. The monoisotopic (exact) mass is 330 g/mol. The molecule has 3 aliphatic rings. The average molecular weight is 330 g/mol. The van der Waals surface area contributed by atoms with E-state index in [1.54, 1.807) is 16.9 Å². The van der Waals surface area contributed by atoms with Gasteiger partial charge in [0.2, 0.25) is 17.7 Å². The molecule has 2 amide bonds. The number of alkyl halides is 2. The van der Waals surface area contributed by atoms with Crippen LogP contribution in [-0.4, -0.2) is 67.4 Å². The van der Waals surface area contributed by atoms with Crippen LogP contribution < -0.4 is 0 Å². The molecule has 3 fully saturated rings. The van der Waals surface area contributed by atoms with Gasteiger partial charge in [-0.1, -0.05) is 6.92 Å². The summed E-state index contributed by atoms with van der Waals surface area (Å²) in [4.78, 5) is 28.6. The van der Waals surface area contributed by atoms with Crippen molar-refractivity contribution in [3.63, 3.8) is 0 Å². The van der Waals surface area contributed by atoms with Gasteiger partial charge in [0.15, 0.2) is 0 Å². The fourth-order valence-corrected chi connectivity index (χ4v) is 4.20. The third-order valence-electron chi connectivity index (χ3n) is 5.77. The van der Waals surface area contributed by atoms with Crippen molar-refractivity contribution in [1.82, 2.24) is 9.80 Å². The van der Waals surface area contributed by atoms with Crippen molar-refractivity contribution in [2.24, 2.45) is 17.3 Å². The van der Waals surface area contributed by atoms with Crippen molar-refractivity contribution in [3.8, 4) is 0 Å². The number of amides is 2. The van der Waals surface area contributed by atoms with E-state index in [0.717, 1.165) is 6.42 Å². The molecule has 0 bridgehead atoms. The van der Waals surface area contributed by atoms with Gasteiger partial charge in [0.05, 0.1) is 12.0 Å². The molecule has 130 valence electrons. The molecule has 3 rings (SSSR count). The number of nitrogens with zero attached hydrogens (tertiary/aromatic N) is 2. The second-order valence-electron chi connectivity index (χ2n) is 7.27. The first-order valence-corrected chi connectivity index (χ1v) is 8.24. The van der Waals surface area contributed by atoms with Crippen molar-refractivity contribution in [3.05, 3.63) is 0 Å². The molecule has 1 aliphatic carbocycles. The molecule has 2 heterocycles. The standard InChI is InChI=1S/C16H24F2N2O3/c1-11-9-20(13(21)12-7-16(17,18)8-12)10-15(11)3-4-19(14(15)22)5-6-23-2/h11-12H,3-10H2,1-2H3/t11-,15-/m1/s1. The van der Waals surface area contributed by atoms with E-state index in [0.29, 0.717) is 32.8 Å². The number of rotatable bonds is 4. The molecule has 0 aromatic carbocycles. The SMILES string of the molecule is COCCN1CC[C@]2(CN(C(=O)C3CC(F)(F)C3)C[C@H]2C)C1=O. The van der Waals surface area contributed by atoms with Gasteiger partial charge in [-0.25, -0.2) is 8.78 Å². The Labute approximate surface area is 134 Å². The highest BCUT2D eigenvalue weighted by atomic mass is 19.3. The summed E-state index contributed by atoms with van der Waals surface area (Å²) in [6, 6.07) is 0. The number of carbonyl (C=O) groups is 2. The van der Waals surface area contributed by atoms with Crippen molar-refractivity contribution in [2.45, 2.75) is 32.1 Å². The summed E-state index contributed by atoms with van der Waals surface area (Å²) < 4.78 is 31.0. The van der Waals surface area contributed by atoms with E-state index >= 15 is 0 Å². The summed E-state index contributed by atoms with van der Waals surface area (Å²) in [7, 11) is 1.60. The van der Waals surface area contributed by atoms with Crippen LogP contribution in [0.15, 0.2) is 0 Å². The number of hydrogen-bond acceptors (Lipinski definition) is 3. The lowest BCUT2D eigenvalue weighted by Gasteiger charge is -2.36. The molecular formula is C16H24F2N2O3. The average Bonchev–Trinajstić information content (AvgIpc) is 2.97. The van der Waals surface area contributed by atoms with Gasteiger partial charge in [-0.05, 0) is 12.3 Å². The molecule has 7 heteroatoms. The van der Waals surface area contributed by atoms with Crippen molar-refractivity contribution in [1.29, 1.82) is 0 Å². The highest BCUT2D eigenvalue weighted by Gasteiger charge is 2.58. The molecule has 1 spiro atoms. The van der Waals surface area contributed by atoms with Gasteiger partial charge in [0.1, 0.15) is 0 Å². The Bertz CT molecular complexity index is 506. The van der Waals surface area contributed by atoms with E-state index in [-0.39, 0.29) is 30.6 Å². The largest absolute Gasteiger partial charge is 0.383 e. The lowest BCUT2D eigenvalue weighted by Crippen LogP contribution is -2.47.